The van der Waals surface area contributed by atoms with Crippen LogP contribution in [0.1, 0.15) is 12.8 Å². The number of rotatable bonds is 2. The van der Waals surface area contributed by atoms with Gasteiger partial charge in [0, 0.05) is 16.1 Å². The summed E-state index contributed by atoms with van der Waals surface area (Å²) in [5.74, 6) is 5.51. The van der Waals surface area contributed by atoms with Crippen LogP contribution in [0.15, 0.2) is 24.3 Å². The summed E-state index contributed by atoms with van der Waals surface area (Å²) in [6.45, 7) is 15.7. The van der Waals surface area contributed by atoms with E-state index in [9.17, 15) is 0 Å². The molecule has 0 N–H and O–H groups in total. The van der Waals surface area contributed by atoms with Gasteiger partial charge in [-0.1, -0.05) is 63.6 Å². The lowest BCUT2D eigenvalue weighted by atomic mass is 9.60. The van der Waals surface area contributed by atoms with E-state index in [4.69, 9.17) is 0 Å². The molecule has 0 saturated heterocycles. The summed E-state index contributed by atoms with van der Waals surface area (Å²) in [7, 11) is -2.12. The molecule has 122 valence electrons. The van der Waals surface area contributed by atoms with Gasteiger partial charge in [-0.2, -0.15) is 0 Å². The highest BCUT2D eigenvalue weighted by Gasteiger charge is 2.57. The lowest BCUT2D eigenvalue weighted by molar-refractivity contribution is 0.0693. The topological polar surface area (TPSA) is 0 Å². The minimum atomic E-state index is -1.06. The monoisotopic (exact) mass is 330 g/mol. The highest BCUT2D eigenvalue weighted by atomic mass is 28.3. The molecule has 2 saturated carbocycles. The molecule has 0 heterocycles. The van der Waals surface area contributed by atoms with Gasteiger partial charge in [0.2, 0.25) is 0 Å². The molecule has 0 spiro atoms. The fourth-order valence-corrected chi connectivity index (χ4v) is 11.6. The Balaban J connectivity index is 1.76. The Bertz CT molecular complexity index is 471. The van der Waals surface area contributed by atoms with Gasteiger partial charge in [0.1, 0.15) is 0 Å². The number of fused-ring (bicyclic) bond motifs is 2. The van der Waals surface area contributed by atoms with Gasteiger partial charge in [-0.15, -0.1) is 0 Å². The minimum Gasteiger partial charge on any atom is -0.0845 e. The average Bonchev–Trinajstić information content (AvgIpc) is 2.74. The smallest absolute Gasteiger partial charge is 0.0479 e. The maximum atomic E-state index is 2.71. The van der Waals surface area contributed by atoms with Crippen LogP contribution in [-0.2, 0) is 0 Å². The third-order valence-corrected chi connectivity index (χ3v) is 13.4. The molecule has 0 amide bonds. The van der Waals surface area contributed by atoms with E-state index in [1.165, 1.54) is 0 Å². The Morgan fingerprint density at radius 1 is 0.545 bits per heavy atom. The molecule has 6 bridgehead atoms. The van der Waals surface area contributed by atoms with E-state index in [1.54, 1.807) is 12.8 Å². The second-order valence-corrected chi connectivity index (χ2v) is 21.8. The molecular formula is C20H34Si2. The first kappa shape index (κ1) is 15.4. The fourth-order valence-electron chi connectivity index (χ4n) is 6.68. The standard InChI is InChI=1S/C20H34Si2/c1-21(2,3)19-11-17-14-7-9-15(19)13-8-10-16(14)20(12-18(13)17)22(4,5)6/h7-10,13-20H,11-12H2,1-6H3/t13-,14-,15-,16-,17+,18+,19+,20+/m1/s1. The molecule has 8 atom stereocenters. The predicted octanol–water partition coefficient (Wildman–Crippen LogP) is 6.05. The molecule has 0 radical (unpaired) electrons. The summed E-state index contributed by atoms with van der Waals surface area (Å²) in [5, 5.41) is 0. The Hall–Kier alpha value is -0.0862. The van der Waals surface area contributed by atoms with Crippen LogP contribution in [0.5, 0.6) is 0 Å². The Morgan fingerprint density at radius 3 is 1.18 bits per heavy atom. The second-order valence-electron chi connectivity index (χ2n) is 10.8. The molecule has 0 nitrogen and oxygen atoms in total. The zero-order valence-electron chi connectivity index (χ0n) is 15.3. The summed E-state index contributed by atoms with van der Waals surface area (Å²) in [5.41, 5.74) is 2.04. The maximum absolute atomic E-state index is 2.71. The molecule has 0 aromatic carbocycles. The average molecular weight is 331 g/mol. The van der Waals surface area contributed by atoms with Gasteiger partial charge in [0.15, 0.2) is 0 Å². The van der Waals surface area contributed by atoms with Crippen molar-refractivity contribution < 1.29 is 0 Å². The Kier molecular flexibility index (Phi) is 3.31. The van der Waals surface area contributed by atoms with Gasteiger partial charge in [0.25, 0.3) is 0 Å². The van der Waals surface area contributed by atoms with Crippen molar-refractivity contribution in [3.05, 3.63) is 24.3 Å². The van der Waals surface area contributed by atoms with Crippen molar-refractivity contribution in [2.45, 2.75) is 63.2 Å². The van der Waals surface area contributed by atoms with Gasteiger partial charge in [-0.3, -0.25) is 0 Å². The zero-order valence-corrected chi connectivity index (χ0v) is 17.3. The lowest BCUT2D eigenvalue weighted by Gasteiger charge is -2.54. The van der Waals surface area contributed by atoms with Crippen LogP contribution < -0.4 is 0 Å². The van der Waals surface area contributed by atoms with Crippen molar-refractivity contribution in [1.29, 1.82) is 0 Å². The van der Waals surface area contributed by atoms with Gasteiger partial charge >= 0.3 is 0 Å². The van der Waals surface area contributed by atoms with Gasteiger partial charge in [-0.25, -0.2) is 0 Å². The minimum absolute atomic E-state index is 0.871. The zero-order chi connectivity index (χ0) is 15.9. The fraction of sp³-hybridized carbons (Fsp3) is 0.800. The first-order valence-electron chi connectivity index (χ1n) is 9.54. The van der Waals surface area contributed by atoms with E-state index < -0.39 is 16.1 Å². The first-order valence-corrected chi connectivity index (χ1v) is 16.7. The molecule has 6 aliphatic carbocycles. The second kappa shape index (κ2) is 4.72. The number of allylic oxidation sites excluding steroid dienone is 4. The number of hydrogen-bond donors (Lipinski definition) is 0. The van der Waals surface area contributed by atoms with Crippen molar-refractivity contribution in [3.8, 4) is 0 Å². The van der Waals surface area contributed by atoms with Crippen LogP contribution in [0.25, 0.3) is 0 Å². The third kappa shape index (κ3) is 2.12. The van der Waals surface area contributed by atoms with Crippen LogP contribution in [0, 0.1) is 35.5 Å². The highest BCUT2D eigenvalue weighted by Crippen LogP contribution is 2.65. The van der Waals surface area contributed by atoms with Crippen LogP contribution in [0.2, 0.25) is 50.4 Å². The van der Waals surface area contributed by atoms with Crippen LogP contribution in [0.3, 0.4) is 0 Å². The molecule has 2 heteroatoms. The summed E-state index contributed by atoms with van der Waals surface area (Å²) in [4.78, 5) is 0. The third-order valence-electron chi connectivity index (χ3n) is 7.74. The molecule has 22 heavy (non-hydrogen) atoms. The van der Waals surface area contributed by atoms with Crippen LogP contribution in [0.4, 0.5) is 0 Å². The molecule has 2 fully saturated rings. The summed E-state index contributed by atoms with van der Waals surface area (Å²) in [6.07, 6.45) is 13.9. The summed E-state index contributed by atoms with van der Waals surface area (Å²) in [6, 6.07) is 0. The van der Waals surface area contributed by atoms with Gasteiger partial charge in [0.05, 0.1) is 0 Å². The Morgan fingerprint density at radius 2 is 0.864 bits per heavy atom. The van der Waals surface area contributed by atoms with Crippen molar-refractivity contribution in [2.24, 2.45) is 35.5 Å². The molecule has 0 aliphatic heterocycles. The SMILES string of the molecule is C[Si](C)(C)[C@H]1C[C@H]2[C@@H]3C=C[C@@H]1[C@H]1C=C[C@H]3[C@@H]([Si](C)(C)C)C[C@@H]12. The largest absolute Gasteiger partial charge is 0.0845 e. The van der Waals surface area contributed by atoms with Gasteiger partial charge < -0.3 is 0 Å². The molecule has 0 aromatic rings. The Labute approximate surface area is 139 Å². The van der Waals surface area contributed by atoms with Crippen molar-refractivity contribution >= 4 is 16.1 Å². The predicted molar refractivity (Wildman–Crippen MR) is 103 cm³/mol. The lowest BCUT2D eigenvalue weighted by Crippen LogP contribution is -2.49. The molecule has 6 aliphatic rings. The van der Waals surface area contributed by atoms with Gasteiger partial charge in [-0.05, 0) is 59.4 Å². The van der Waals surface area contributed by atoms with Crippen LogP contribution in [-0.4, -0.2) is 16.1 Å². The first-order chi connectivity index (χ1) is 10.2. The summed E-state index contributed by atoms with van der Waals surface area (Å²) < 4.78 is 0. The van der Waals surface area contributed by atoms with Crippen molar-refractivity contribution in [3.63, 3.8) is 0 Å². The van der Waals surface area contributed by atoms with Crippen LogP contribution >= 0.6 is 0 Å². The molecule has 0 unspecified atom stereocenters. The molecule has 0 aromatic heterocycles. The summed E-state index contributed by atoms with van der Waals surface area (Å²) >= 11 is 0. The van der Waals surface area contributed by atoms with Crippen molar-refractivity contribution in [2.75, 3.05) is 0 Å². The molecule has 6 rings (SSSR count). The van der Waals surface area contributed by atoms with E-state index in [1.807, 2.05) is 0 Å². The van der Waals surface area contributed by atoms with E-state index in [0.29, 0.717) is 0 Å². The van der Waals surface area contributed by atoms with E-state index in [-0.39, 0.29) is 0 Å². The molecular weight excluding hydrogens is 296 g/mol. The van der Waals surface area contributed by atoms with Crippen molar-refractivity contribution in [1.82, 2.24) is 0 Å². The van der Waals surface area contributed by atoms with E-state index in [0.717, 1.165) is 46.6 Å². The quantitative estimate of drug-likeness (QED) is 0.427. The normalized spacial score (nSPS) is 49.5. The highest BCUT2D eigenvalue weighted by molar-refractivity contribution is 6.78. The van der Waals surface area contributed by atoms with E-state index in [2.05, 4.69) is 63.6 Å². The van der Waals surface area contributed by atoms with E-state index >= 15 is 0 Å². The number of hydrogen-bond acceptors (Lipinski definition) is 0. The maximum Gasteiger partial charge on any atom is 0.0479 e.